The molecule has 14 heteroatoms. The van der Waals surface area contributed by atoms with Crippen molar-refractivity contribution in [1.82, 2.24) is 24.4 Å². The van der Waals surface area contributed by atoms with Gasteiger partial charge in [-0.05, 0) is 95.0 Å². The fraction of sp³-hybridized carbons (Fsp3) is 0.426. The van der Waals surface area contributed by atoms with E-state index in [4.69, 9.17) is 33.9 Å². The number of nitrogens with zero attached hydrogens (tertiary/aromatic N) is 7. The minimum Gasteiger partial charge on any atom is -0.497 e. The zero-order chi connectivity index (χ0) is 47.6. The summed E-state index contributed by atoms with van der Waals surface area (Å²) in [5, 5.41) is 0. The van der Waals surface area contributed by atoms with Gasteiger partial charge in [-0.15, -0.1) is 0 Å². The van der Waals surface area contributed by atoms with Crippen molar-refractivity contribution in [3.05, 3.63) is 102 Å². The summed E-state index contributed by atoms with van der Waals surface area (Å²) >= 11 is 0. The zero-order valence-electron chi connectivity index (χ0n) is 40.7. The lowest BCUT2D eigenvalue weighted by Crippen LogP contribution is -2.46. The van der Waals surface area contributed by atoms with Crippen molar-refractivity contribution >= 4 is 56.4 Å². The quantitative estimate of drug-likeness (QED) is 0.105. The van der Waals surface area contributed by atoms with Gasteiger partial charge in [-0.1, -0.05) is 31.0 Å². The van der Waals surface area contributed by atoms with Gasteiger partial charge in [-0.3, -0.25) is 14.6 Å². The minimum absolute atomic E-state index is 0.0668. The molecule has 0 radical (unpaired) electrons. The molecule has 10 rings (SSSR count). The van der Waals surface area contributed by atoms with Crippen LogP contribution in [0.1, 0.15) is 89.4 Å². The summed E-state index contributed by atoms with van der Waals surface area (Å²) in [6, 6.07) is 25.6. The smallest absolute Gasteiger partial charge is 0.195 e. The number of amidine groups is 1. The number of para-hydroxylation sites is 2. The molecule has 354 valence electrons. The van der Waals surface area contributed by atoms with Crippen LogP contribution in [0.25, 0.3) is 27.6 Å². The predicted octanol–water partition coefficient (Wildman–Crippen LogP) is 9.57. The van der Waals surface area contributed by atoms with Crippen LogP contribution in [0.2, 0.25) is 0 Å². The molecule has 2 aromatic heterocycles. The van der Waals surface area contributed by atoms with Crippen LogP contribution < -0.4 is 28.7 Å². The number of hydrogen-bond acceptors (Lipinski definition) is 11. The van der Waals surface area contributed by atoms with Crippen LogP contribution in [0.15, 0.2) is 89.7 Å². The lowest BCUT2D eigenvalue weighted by Gasteiger charge is -2.37. The molecule has 3 fully saturated rings. The molecule has 0 spiro atoms. The van der Waals surface area contributed by atoms with Crippen LogP contribution in [0.5, 0.6) is 23.0 Å². The van der Waals surface area contributed by atoms with Gasteiger partial charge in [-0.25, -0.2) is 9.97 Å². The van der Waals surface area contributed by atoms with E-state index >= 15 is 4.79 Å². The SMILES string of the molecule is COc1cc(OC)cc(N2C(N(C)C)=C(c3nc4ccc(COc5cc(OC)cc(N6C(=NCC7CCC7)C(c7nc8ccccc8n7CC7CCC7)C(=O)C6(C)C)c5)cc4[nH]3)C(=O)C2(C)C)c1. The summed E-state index contributed by atoms with van der Waals surface area (Å²) in [6.07, 6.45) is 7.11. The number of aromatic amines is 1. The number of fused-ring (bicyclic) bond motifs is 2. The average Bonchev–Trinajstić information content (AvgIpc) is 3.99. The lowest BCUT2D eigenvalue weighted by atomic mass is 9.85. The Balaban J connectivity index is 0.968. The first kappa shape index (κ1) is 45.0. The van der Waals surface area contributed by atoms with Gasteiger partial charge >= 0.3 is 0 Å². The van der Waals surface area contributed by atoms with Crippen molar-refractivity contribution in [3.8, 4) is 23.0 Å². The summed E-state index contributed by atoms with van der Waals surface area (Å²) in [4.78, 5) is 54.6. The molecule has 1 saturated heterocycles. The normalized spacial score (nSPS) is 19.9. The Morgan fingerprint density at radius 2 is 1.37 bits per heavy atom. The van der Waals surface area contributed by atoms with Crippen LogP contribution in [0.3, 0.4) is 0 Å². The maximum atomic E-state index is 15.0. The van der Waals surface area contributed by atoms with Crippen LogP contribution in [-0.2, 0) is 22.7 Å². The number of imidazole rings is 2. The molecular weight excluding hydrogens is 857 g/mol. The molecule has 0 amide bonds. The van der Waals surface area contributed by atoms with Gasteiger partial charge in [0.05, 0.1) is 54.8 Å². The van der Waals surface area contributed by atoms with Crippen LogP contribution in [-0.4, -0.2) is 94.9 Å². The largest absolute Gasteiger partial charge is 0.497 e. The summed E-state index contributed by atoms with van der Waals surface area (Å²) in [6.45, 7) is 9.55. The third kappa shape index (κ3) is 7.71. The number of carbonyl (C=O) groups is 2. The average molecular weight is 919 g/mol. The molecule has 1 N–H and O–H groups in total. The number of carbonyl (C=O) groups excluding carboxylic acids is 2. The number of ether oxygens (including phenoxy) is 4. The van der Waals surface area contributed by atoms with E-state index in [1.54, 1.807) is 21.3 Å². The third-order valence-corrected chi connectivity index (χ3v) is 14.6. The molecule has 2 aliphatic heterocycles. The Labute approximate surface area is 397 Å². The van der Waals surface area contributed by atoms with Gasteiger partial charge < -0.3 is 43.2 Å². The number of hydrogen-bond donors (Lipinski definition) is 1. The van der Waals surface area contributed by atoms with Crippen molar-refractivity contribution < 1.29 is 28.5 Å². The van der Waals surface area contributed by atoms with Crippen LogP contribution >= 0.6 is 0 Å². The highest BCUT2D eigenvalue weighted by Gasteiger charge is 2.55. The standard InChI is InChI=1S/C54H62N8O6/c1-53(2)48(64)46(51-58-42-18-10-11-19-44(42)60(51)30-33-16-13-17-33)50(55-29-32-14-12-15-32)61(53)35-23-39(67-9)28-40(26-35)68-31-34-20-21-41-43(22-34)57-49(56-41)45-47(63)54(3,4)62(52(45)59(5)6)36-24-37(65-7)27-38(25-36)66-8/h10-11,18-28,32-33,46H,12-17,29-31H2,1-9H3,(H,56,57). The molecule has 4 aliphatic rings. The fourth-order valence-corrected chi connectivity index (χ4v) is 10.4. The molecule has 4 aromatic carbocycles. The Morgan fingerprint density at radius 3 is 2.00 bits per heavy atom. The highest BCUT2D eigenvalue weighted by Crippen LogP contribution is 2.47. The maximum Gasteiger partial charge on any atom is 0.195 e. The highest BCUT2D eigenvalue weighted by molar-refractivity contribution is 6.30. The summed E-state index contributed by atoms with van der Waals surface area (Å²) < 4.78 is 26.0. The van der Waals surface area contributed by atoms with Crippen molar-refractivity contribution in [2.75, 3.05) is 51.8 Å². The van der Waals surface area contributed by atoms with E-state index in [1.165, 1.54) is 25.7 Å². The summed E-state index contributed by atoms with van der Waals surface area (Å²) in [5.74, 6) is 5.51. The number of H-pyrrole nitrogens is 1. The molecule has 1 atom stereocenters. The second-order valence-corrected chi connectivity index (χ2v) is 20.0. The van der Waals surface area contributed by atoms with E-state index in [9.17, 15) is 4.79 Å². The molecule has 68 heavy (non-hydrogen) atoms. The van der Waals surface area contributed by atoms with Gasteiger partial charge in [0, 0.05) is 63.6 Å². The Bertz CT molecular complexity index is 2990. The second kappa shape index (κ2) is 17.4. The molecule has 4 heterocycles. The van der Waals surface area contributed by atoms with E-state index in [0.717, 1.165) is 70.1 Å². The van der Waals surface area contributed by atoms with Crippen LogP contribution in [0, 0.1) is 11.8 Å². The van der Waals surface area contributed by atoms with Crippen molar-refractivity contribution in [3.63, 3.8) is 0 Å². The first-order valence-electron chi connectivity index (χ1n) is 23.8. The Kier molecular flexibility index (Phi) is 11.5. The highest BCUT2D eigenvalue weighted by atomic mass is 16.5. The van der Waals surface area contributed by atoms with E-state index in [2.05, 4.69) is 26.6 Å². The molecule has 6 aromatic rings. The molecule has 2 aliphatic carbocycles. The molecule has 1 unspecified atom stereocenters. The third-order valence-electron chi connectivity index (χ3n) is 14.6. The molecular formula is C54H62N8O6. The van der Waals surface area contributed by atoms with Crippen molar-refractivity contribution in [1.29, 1.82) is 0 Å². The van der Waals surface area contributed by atoms with Crippen molar-refractivity contribution in [2.45, 2.75) is 96.4 Å². The zero-order valence-corrected chi connectivity index (χ0v) is 40.7. The second-order valence-electron chi connectivity index (χ2n) is 20.0. The predicted molar refractivity (Wildman–Crippen MR) is 266 cm³/mol. The van der Waals surface area contributed by atoms with E-state index in [0.29, 0.717) is 58.6 Å². The first-order chi connectivity index (χ1) is 32.7. The number of anilines is 2. The van der Waals surface area contributed by atoms with Gasteiger partial charge in [0.25, 0.3) is 0 Å². The summed E-state index contributed by atoms with van der Waals surface area (Å²) in [5.41, 5.74) is 4.43. The number of rotatable bonds is 15. The molecule has 0 bridgehead atoms. The van der Waals surface area contributed by atoms with Gasteiger partial charge in [0.2, 0.25) is 0 Å². The Hall–Kier alpha value is -6.83. The van der Waals surface area contributed by atoms with Crippen LogP contribution in [0.4, 0.5) is 11.4 Å². The minimum atomic E-state index is -0.953. The molecule has 2 saturated carbocycles. The van der Waals surface area contributed by atoms with E-state index < -0.39 is 17.0 Å². The molecule has 14 nitrogen and oxygen atoms in total. The number of benzene rings is 4. The van der Waals surface area contributed by atoms with Gasteiger partial charge in [0.1, 0.15) is 75.5 Å². The Morgan fingerprint density at radius 1 is 0.735 bits per heavy atom. The van der Waals surface area contributed by atoms with E-state index in [-0.39, 0.29) is 18.2 Å². The lowest BCUT2D eigenvalue weighted by molar-refractivity contribution is -0.122. The number of aliphatic imine (C=N–C) groups is 1. The van der Waals surface area contributed by atoms with Crippen molar-refractivity contribution in [2.24, 2.45) is 16.8 Å². The number of Topliss-reactive ketones (excluding diaryl/α,β-unsaturated/α-hetero) is 2. The summed E-state index contributed by atoms with van der Waals surface area (Å²) in [7, 11) is 8.71. The van der Waals surface area contributed by atoms with E-state index in [1.807, 2.05) is 118 Å². The maximum absolute atomic E-state index is 15.0. The first-order valence-corrected chi connectivity index (χ1v) is 23.8. The number of methoxy groups -OCH3 is 3. The fourth-order valence-electron chi connectivity index (χ4n) is 10.4. The monoisotopic (exact) mass is 918 g/mol. The number of aromatic nitrogens is 4. The van der Waals surface area contributed by atoms with Gasteiger partial charge in [-0.2, -0.15) is 0 Å². The van der Waals surface area contributed by atoms with Gasteiger partial charge in [0.15, 0.2) is 11.6 Å². The number of ketones is 2. The topological polar surface area (TPSA) is 140 Å². The number of nitrogens with one attached hydrogen (secondary N) is 1.